The summed E-state index contributed by atoms with van der Waals surface area (Å²) in [5.41, 5.74) is 0.462. The van der Waals surface area contributed by atoms with Crippen LogP contribution in [0.2, 0.25) is 0 Å². The van der Waals surface area contributed by atoms with Gasteiger partial charge in [0.1, 0.15) is 5.54 Å². The average molecular weight is 247 g/mol. The SMILES string of the molecule is CNC(=O)C(C)(c1ccccc1)N1CCNCC1. The molecule has 1 aromatic carbocycles. The van der Waals surface area contributed by atoms with E-state index in [-0.39, 0.29) is 5.91 Å². The molecule has 1 heterocycles. The van der Waals surface area contributed by atoms with Crippen LogP contribution in [-0.4, -0.2) is 44.0 Å². The molecule has 2 rings (SSSR count). The normalized spacial score (nSPS) is 20.1. The highest BCUT2D eigenvalue weighted by Gasteiger charge is 2.40. The molecule has 0 radical (unpaired) electrons. The fraction of sp³-hybridized carbons (Fsp3) is 0.500. The zero-order valence-electron chi connectivity index (χ0n) is 11.1. The molecule has 1 unspecified atom stereocenters. The minimum absolute atomic E-state index is 0.0515. The van der Waals surface area contributed by atoms with Crippen molar-refractivity contribution >= 4 is 5.91 Å². The Balaban J connectivity index is 2.36. The number of nitrogens with zero attached hydrogens (tertiary/aromatic N) is 1. The summed E-state index contributed by atoms with van der Waals surface area (Å²) in [6, 6.07) is 10.00. The average Bonchev–Trinajstić information content (AvgIpc) is 2.47. The van der Waals surface area contributed by atoms with Gasteiger partial charge in [-0.15, -0.1) is 0 Å². The molecule has 0 aliphatic carbocycles. The Bertz CT molecular complexity index is 401. The molecule has 1 saturated heterocycles. The number of carbonyl (C=O) groups excluding carboxylic acids is 1. The van der Waals surface area contributed by atoms with E-state index in [1.54, 1.807) is 7.05 Å². The molecule has 0 spiro atoms. The third-order valence-corrected chi connectivity index (χ3v) is 3.75. The van der Waals surface area contributed by atoms with Crippen LogP contribution in [0, 0.1) is 0 Å². The van der Waals surface area contributed by atoms with Crippen molar-refractivity contribution in [3.63, 3.8) is 0 Å². The lowest BCUT2D eigenvalue weighted by Gasteiger charge is -2.42. The fourth-order valence-electron chi connectivity index (χ4n) is 2.58. The van der Waals surface area contributed by atoms with Crippen molar-refractivity contribution < 1.29 is 4.79 Å². The largest absolute Gasteiger partial charge is 0.357 e. The first kappa shape index (κ1) is 13.1. The van der Waals surface area contributed by atoms with Gasteiger partial charge in [-0.3, -0.25) is 9.69 Å². The number of piperazine rings is 1. The fourth-order valence-corrected chi connectivity index (χ4v) is 2.58. The molecule has 1 amide bonds. The maximum atomic E-state index is 12.4. The topological polar surface area (TPSA) is 44.4 Å². The van der Waals surface area contributed by atoms with E-state index in [1.165, 1.54) is 0 Å². The summed E-state index contributed by atoms with van der Waals surface area (Å²) < 4.78 is 0. The van der Waals surface area contributed by atoms with Crippen molar-refractivity contribution in [2.75, 3.05) is 33.2 Å². The van der Waals surface area contributed by atoms with E-state index < -0.39 is 5.54 Å². The van der Waals surface area contributed by atoms with E-state index in [9.17, 15) is 4.79 Å². The molecule has 4 heteroatoms. The second kappa shape index (κ2) is 5.50. The maximum absolute atomic E-state index is 12.4. The van der Waals surface area contributed by atoms with Crippen molar-refractivity contribution in [3.8, 4) is 0 Å². The van der Waals surface area contributed by atoms with Gasteiger partial charge in [0.05, 0.1) is 0 Å². The summed E-state index contributed by atoms with van der Waals surface area (Å²) in [6.07, 6.45) is 0. The number of likely N-dealkylation sites (N-methyl/N-ethyl adjacent to an activating group) is 1. The van der Waals surface area contributed by atoms with Gasteiger partial charge in [0.2, 0.25) is 5.91 Å². The van der Waals surface area contributed by atoms with Crippen LogP contribution >= 0.6 is 0 Å². The molecule has 0 bridgehead atoms. The van der Waals surface area contributed by atoms with E-state index in [4.69, 9.17) is 0 Å². The van der Waals surface area contributed by atoms with Gasteiger partial charge >= 0.3 is 0 Å². The van der Waals surface area contributed by atoms with Crippen LogP contribution in [0.3, 0.4) is 0 Å². The molecule has 1 aliphatic rings. The van der Waals surface area contributed by atoms with Crippen LogP contribution in [0.4, 0.5) is 0 Å². The third-order valence-electron chi connectivity index (χ3n) is 3.75. The second-order valence-electron chi connectivity index (χ2n) is 4.75. The number of carbonyl (C=O) groups is 1. The van der Waals surface area contributed by atoms with Crippen molar-refractivity contribution in [3.05, 3.63) is 35.9 Å². The number of benzene rings is 1. The van der Waals surface area contributed by atoms with E-state index in [0.717, 1.165) is 31.7 Å². The van der Waals surface area contributed by atoms with Gasteiger partial charge in [-0.2, -0.15) is 0 Å². The van der Waals surface area contributed by atoms with Gasteiger partial charge in [0, 0.05) is 33.2 Å². The maximum Gasteiger partial charge on any atom is 0.244 e. The predicted molar refractivity (Wildman–Crippen MR) is 72.3 cm³/mol. The zero-order chi connectivity index (χ0) is 13.0. The predicted octanol–water partition coefficient (Wildman–Crippen LogP) is 0.553. The molecule has 1 aromatic rings. The van der Waals surface area contributed by atoms with Gasteiger partial charge in [-0.25, -0.2) is 0 Å². The molecule has 1 fully saturated rings. The lowest BCUT2D eigenvalue weighted by atomic mass is 9.88. The number of amides is 1. The van der Waals surface area contributed by atoms with Crippen LogP contribution in [0.5, 0.6) is 0 Å². The number of nitrogens with one attached hydrogen (secondary N) is 2. The van der Waals surface area contributed by atoms with Gasteiger partial charge in [-0.1, -0.05) is 30.3 Å². The van der Waals surface area contributed by atoms with Crippen molar-refractivity contribution in [2.45, 2.75) is 12.5 Å². The molecule has 98 valence electrons. The highest BCUT2D eigenvalue weighted by molar-refractivity contribution is 5.87. The Morgan fingerprint density at radius 2 is 1.89 bits per heavy atom. The standard InChI is InChI=1S/C14H21N3O/c1-14(13(18)15-2,12-6-4-3-5-7-12)17-10-8-16-9-11-17/h3-7,16H,8-11H2,1-2H3,(H,15,18). The summed E-state index contributed by atoms with van der Waals surface area (Å²) in [5, 5.41) is 6.12. The van der Waals surface area contributed by atoms with E-state index in [1.807, 2.05) is 37.3 Å². The van der Waals surface area contributed by atoms with E-state index >= 15 is 0 Å². The van der Waals surface area contributed by atoms with Crippen molar-refractivity contribution in [1.82, 2.24) is 15.5 Å². The van der Waals surface area contributed by atoms with Crippen LogP contribution < -0.4 is 10.6 Å². The summed E-state index contributed by atoms with van der Waals surface area (Å²) in [7, 11) is 1.70. The Labute approximate surface area is 108 Å². The Morgan fingerprint density at radius 3 is 2.44 bits per heavy atom. The van der Waals surface area contributed by atoms with E-state index in [0.29, 0.717) is 0 Å². The molecule has 0 aromatic heterocycles. The van der Waals surface area contributed by atoms with Crippen molar-refractivity contribution in [2.24, 2.45) is 0 Å². The monoisotopic (exact) mass is 247 g/mol. The van der Waals surface area contributed by atoms with Crippen LogP contribution in [0.15, 0.2) is 30.3 Å². The molecule has 4 nitrogen and oxygen atoms in total. The quantitative estimate of drug-likeness (QED) is 0.820. The van der Waals surface area contributed by atoms with Crippen LogP contribution in [0.25, 0.3) is 0 Å². The van der Waals surface area contributed by atoms with Crippen LogP contribution in [-0.2, 0) is 10.3 Å². The summed E-state index contributed by atoms with van der Waals surface area (Å²) >= 11 is 0. The molecule has 1 aliphatic heterocycles. The Hall–Kier alpha value is -1.39. The summed E-state index contributed by atoms with van der Waals surface area (Å²) in [5.74, 6) is 0.0515. The third kappa shape index (κ3) is 2.26. The number of hydrogen-bond donors (Lipinski definition) is 2. The molecule has 1 atom stereocenters. The first-order valence-electron chi connectivity index (χ1n) is 6.43. The van der Waals surface area contributed by atoms with E-state index in [2.05, 4.69) is 15.5 Å². The molecular weight excluding hydrogens is 226 g/mol. The molecule has 0 saturated carbocycles. The minimum atomic E-state index is -0.585. The highest BCUT2D eigenvalue weighted by atomic mass is 16.2. The zero-order valence-corrected chi connectivity index (χ0v) is 11.1. The van der Waals surface area contributed by atoms with Gasteiger partial charge in [0.25, 0.3) is 0 Å². The lowest BCUT2D eigenvalue weighted by Crippen LogP contribution is -2.59. The lowest BCUT2D eigenvalue weighted by molar-refractivity contribution is -0.133. The minimum Gasteiger partial charge on any atom is -0.357 e. The Kier molecular flexibility index (Phi) is 3.99. The molecule has 2 N–H and O–H groups in total. The first-order chi connectivity index (χ1) is 8.69. The molecular formula is C14H21N3O. The number of hydrogen-bond acceptors (Lipinski definition) is 3. The van der Waals surface area contributed by atoms with Gasteiger partial charge in [0.15, 0.2) is 0 Å². The smallest absolute Gasteiger partial charge is 0.244 e. The first-order valence-corrected chi connectivity index (χ1v) is 6.43. The number of rotatable bonds is 3. The summed E-state index contributed by atoms with van der Waals surface area (Å²) in [6.45, 7) is 5.64. The Morgan fingerprint density at radius 1 is 1.28 bits per heavy atom. The second-order valence-corrected chi connectivity index (χ2v) is 4.75. The summed E-state index contributed by atoms with van der Waals surface area (Å²) in [4.78, 5) is 14.6. The van der Waals surface area contributed by atoms with Gasteiger partial charge < -0.3 is 10.6 Å². The highest BCUT2D eigenvalue weighted by Crippen LogP contribution is 2.28. The van der Waals surface area contributed by atoms with Gasteiger partial charge in [-0.05, 0) is 12.5 Å². The van der Waals surface area contributed by atoms with Crippen LogP contribution in [0.1, 0.15) is 12.5 Å². The van der Waals surface area contributed by atoms with Crippen molar-refractivity contribution in [1.29, 1.82) is 0 Å². The molecule has 18 heavy (non-hydrogen) atoms.